The van der Waals surface area contributed by atoms with E-state index in [1.807, 2.05) is 35.2 Å². The van der Waals surface area contributed by atoms with Gasteiger partial charge in [-0.1, -0.05) is 35.3 Å². The minimum absolute atomic E-state index is 0.0693. The summed E-state index contributed by atoms with van der Waals surface area (Å²) in [5.41, 5.74) is 1.83. The minimum atomic E-state index is -0.0775. The van der Waals surface area contributed by atoms with Crippen molar-refractivity contribution < 1.29 is 14.3 Å². The van der Waals surface area contributed by atoms with Crippen molar-refractivity contribution in [1.82, 2.24) is 4.90 Å². The first kappa shape index (κ1) is 16.9. The van der Waals surface area contributed by atoms with Crippen LogP contribution in [0.25, 0.3) is 0 Å². The van der Waals surface area contributed by atoms with Crippen LogP contribution in [0.15, 0.2) is 36.4 Å². The Morgan fingerprint density at radius 1 is 1.16 bits per heavy atom. The highest BCUT2D eigenvalue weighted by molar-refractivity contribution is 7.99. The molecule has 130 valence electrons. The zero-order valence-electron chi connectivity index (χ0n) is 13.2. The van der Waals surface area contributed by atoms with Crippen LogP contribution in [-0.4, -0.2) is 29.9 Å². The maximum absolute atomic E-state index is 12.8. The summed E-state index contributed by atoms with van der Waals surface area (Å²) in [6.07, 6.45) is 0.318. The Hall–Kier alpha value is -1.56. The average Bonchev–Trinajstić information content (AvgIpc) is 3.23. The Bertz CT molecular complexity index is 830. The van der Waals surface area contributed by atoms with E-state index in [1.165, 1.54) is 0 Å². The van der Waals surface area contributed by atoms with Gasteiger partial charge >= 0.3 is 0 Å². The summed E-state index contributed by atoms with van der Waals surface area (Å²) < 4.78 is 10.7. The van der Waals surface area contributed by atoms with E-state index >= 15 is 0 Å². The van der Waals surface area contributed by atoms with Gasteiger partial charge in [0.15, 0.2) is 11.5 Å². The molecule has 0 radical (unpaired) electrons. The minimum Gasteiger partial charge on any atom is -0.454 e. The van der Waals surface area contributed by atoms with Crippen molar-refractivity contribution in [2.75, 3.05) is 19.1 Å². The van der Waals surface area contributed by atoms with Gasteiger partial charge in [-0.2, -0.15) is 0 Å². The fourth-order valence-corrected chi connectivity index (χ4v) is 4.90. The lowest BCUT2D eigenvalue weighted by molar-refractivity contribution is -0.130. The topological polar surface area (TPSA) is 38.8 Å². The second-order valence-corrected chi connectivity index (χ2v) is 7.87. The smallest absolute Gasteiger partial charge is 0.231 e. The molecule has 2 heterocycles. The Labute approximate surface area is 160 Å². The van der Waals surface area contributed by atoms with Gasteiger partial charge in [-0.25, -0.2) is 0 Å². The molecule has 1 unspecified atom stereocenters. The summed E-state index contributed by atoms with van der Waals surface area (Å²) in [4.78, 5) is 14.7. The molecule has 1 saturated heterocycles. The summed E-state index contributed by atoms with van der Waals surface area (Å²) >= 11 is 14.0. The van der Waals surface area contributed by atoms with E-state index in [0.29, 0.717) is 28.8 Å². The van der Waals surface area contributed by atoms with Crippen LogP contribution in [0.1, 0.15) is 16.5 Å². The van der Waals surface area contributed by atoms with Crippen molar-refractivity contribution in [2.24, 2.45) is 0 Å². The highest BCUT2D eigenvalue weighted by Crippen LogP contribution is 2.42. The van der Waals surface area contributed by atoms with Crippen molar-refractivity contribution in [2.45, 2.75) is 11.8 Å². The summed E-state index contributed by atoms with van der Waals surface area (Å²) in [5, 5.41) is 1.11. The van der Waals surface area contributed by atoms with Gasteiger partial charge in [0.1, 0.15) is 5.37 Å². The third-order valence-corrected chi connectivity index (χ3v) is 6.04. The number of hydrogen-bond donors (Lipinski definition) is 0. The van der Waals surface area contributed by atoms with Gasteiger partial charge in [0.05, 0.1) is 6.42 Å². The van der Waals surface area contributed by atoms with Gasteiger partial charge in [-0.05, 0) is 29.8 Å². The lowest BCUT2D eigenvalue weighted by atomic mass is 10.1. The van der Waals surface area contributed by atoms with Gasteiger partial charge < -0.3 is 14.4 Å². The zero-order valence-corrected chi connectivity index (χ0v) is 15.5. The highest BCUT2D eigenvalue weighted by Gasteiger charge is 2.32. The molecule has 4 nitrogen and oxygen atoms in total. The van der Waals surface area contributed by atoms with Crippen LogP contribution < -0.4 is 9.47 Å². The SMILES string of the molecule is O=C(Cc1ccc2c(c1)OCO2)N1CCSC1c1ccc(Cl)cc1Cl. The Balaban J connectivity index is 1.52. The molecule has 1 atom stereocenters. The number of carbonyl (C=O) groups is 1. The number of amides is 1. The van der Waals surface area contributed by atoms with Crippen LogP contribution in [0.5, 0.6) is 11.5 Å². The Morgan fingerprint density at radius 3 is 2.84 bits per heavy atom. The molecular weight excluding hydrogens is 381 g/mol. The number of fused-ring (bicyclic) bond motifs is 1. The molecule has 0 N–H and O–H groups in total. The van der Waals surface area contributed by atoms with Crippen LogP contribution >= 0.6 is 35.0 Å². The van der Waals surface area contributed by atoms with Crippen molar-refractivity contribution in [1.29, 1.82) is 0 Å². The fraction of sp³-hybridized carbons (Fsp3) is 0.278. The van der Waals surface area contributed by atoms with Gasteiger partial charge in [-0.15, -0.1) is 11.8 Å². The molecule has 0 spiro atoms. The fourth-order valence-electron chi connectivity index (χ4n) is 3.01. The third-order valence-electron chi connectivity index (χ3n) is 4.23. The summed E-state index contributed by atoms with van der Waals surface area (Å²) in [7, 11) is 0. The van der Waals surface area contributed by atoms with Gasteiger partial charge in [-0.3, -0.25) is 4.79 Å². The van der Waals surface area contributed by atoms with Crippen molar-refractivity contribution in [3.8, 4) is 11.5 Å². The Morgan fingerprint density at radius 2 is 2.00 bits per heavy atom. The van der Waals surface area contributed by atoms with Crippen LogP contribution in [0.2, 0.25) is 10.0 Å². The van der Waals surface area contributed by atoms with Gasteiger partial charge in [0, 0.05) is 27.9 Å². The highest BCUT2D eigenvalue weighted by atomic mass is 35.5. The summed E-state index contributed by atoms with van der Waals surface area (Å²) in [6, 6.07) is 11.0. The van der Waals surface area contributed by atoms with E-state index in [1.54, 1.807) is 17.8 Å². The summed E-state index contributed by atoms with van der Waals surface area (Å²) in [5.74, 6) is 2.37. The molecule has 0 bridgehead atoms. The number of rotatable bonds is 3. The van der Waals surface area contributed by atoms with Crippen LogP contribution in [0.4, 0.5) is 0 Å². The molecule has 0 aromatic heterocycles. The number of halogens is 2. The second kappa shape index (κ2) is 6.98. The van der Waals surface area contributed by atoms with E-state index in [2.05, 4.69) is 0 Å². The molecule has 2 aliphatic rings. The molecule has 0 aliphatic carbocycles. The molecule has 2 aliphatic heterocycles. The first-order valence-corrected chi connectivity index (χ1v) is 9.67. The lowest BCUT2D eigenvalue weighted by Crippen LogP contribution is -2.31. The largest absolute Gasteiger partial charge is 0.454 e. The normalized spacial score (nSPS) is 18.6. The van der Waals surface area contributed by atoms with Crippen LogP contribution in [0.3, 0.4) is 0 Å². The molecule has 25 heavy (non-hydrogen) atoms. The zero-order chi connectivity index (χ0) is 17.4. The number of hydrogen-bond acceptors (Lipinski definition) is 4. The molecule has 2 aromatic rings. The molecule has 1 fully saturated rings. The van der Waals surface area contributed by atoms with Crippen molar-refractivity contribution >= 4 is 40.9 Å². The number of ether oxygens (including phenoxy) is 2. The predicted octanol–water partition coefficient (Wildman–Crippen LogP) is 4.54. The average molecular weight is 396 g/mol. The molecular formula is C18H15Cl2NO3S. The maximum Gasteiger partial charge on any atom is 0.231 e. The van der Waals surface area contributed by atoms with E-state index in [9.17, 15) is 4.79 Å². The quantitative estimate of drug-likeness (QED) is 0.764. The molecule has 0 saturated carbocycles. The number of nitrogens with zero attached hydrogens (tertiary/aromatic N) is 1. The van der Waals surface area contributed by atoms with Crippen LogP contribution in [0, 0.1) is 0 Å². The van der Waals surface area contributed by atoms with Crippen molar-refractivity contribution in [3.63, 3.8) is 0 Å². The molecule has 2 aromatic carbocycles. The molecule has 1 amide bonds. The molecule has 7 heteroatoms. The monoisotopic (exact) mass is 395 g/mol. The Kier molecular flexibility index (Phi) is 4.71. The first-order valence-electron chi connectivity index (χ1n) is 7.86. The molecule has 4 rings (SSSR count). The van der Waals surface area contributed by atoms with E-state index < -0.39 is 0 Å². The van der Waals surface area contributed by atoms with Gasteiger partial charge in [0.2, 0.25) is 12.7 Å². The number of benzene rings is 2. The van der Waals surface area contributed by atoms with E-state index in [-0.39, 0.29) is 18.1 Å². The standard InChI is InChI=1S/C18H15Cl2NO3S/c19-12-2-3-13(14(20)9-12)18-21(5-6-25-18)17(22)8-11-1-4-15-16(7-11)24-10-23-15/h1-4,7,9,18H,5-6,8,10H2. The summed E-state index contributed by atoms with van der Waals surface area (Å²) in [6.45, 7) is 0.935. The number of thioether (sulfide) groups is 1. The maximum atomic E-state index is 12.8. The predicted molar refractivity (Wildman–Crippen MR) is 99.6 cm³/mol. The van der Waals surface area contributed by atoms with Crippen molar-refractivity contribution in [3.05, 3.63) is 57.6 Å². The lowest BCUT2D eigenvalue weighted by Gasteiger charge is -2.25. The first-order chi connectivity index (χ1) is 12.1. The second-order valence-electron chi connectivity index (χ2n) is 5.84. The van der Waals surface area contributed by atoms with Gasteiger partial charge in [0.25, 0.3) is 0 Å². The van der Waals surface area contributed by atoms with E-state index in [4.69, 9.17) is 32.7 Å². The third kappa shape index (κ3) is 3.41. The number of carbonyl (C=O) groups excluding carboxylic acids is 1. The van der Waals surface area contributed by atoms with E-state index in [0.717, 1.165) is 22.6 Å². The van der Waals surface area contributed by atoms with Crippen LogP contribution in [-0.2, 0) is 11.2 Å².